The first-order valence-corrected chi connectivity index (χ1v) is 8.44. The molecule has 0 aliphatic rings. The number of ether oxygens (including phenoxy) is 2. The van der Waals surface area contributed by atoms with E-state index in [1.54, 1.807) is 7.11 Å². The Hall–Kier alpha value is -1.75. The van der Waals surface area contributed by atoms with Gasteiger partial charge in [-0.1, -0.05) is 12.1 Å². The number of aryl methyl sites for hydroxylation is 1. The fourth-order valence-corrected chi connectivity index (χ4v) is 2.19. The molecule has 2 N–H and O–H groups in total. The van der Waals surface area contributed by atoms with Gasteiger partial charge in [0.15, 0.2) is 5.96 Å². The number of nitrogens with one attached hydrogen (secondary N) is 2. The lowest BCUT2D eigenvalue weighted by Crippen LogP contribution is -2.38. The van der Waals surface area contributed by atoms with Gasteiger partial charge in [0.25, 0.3) is 0 Å². The van der Waals surface area contributed by atoms with Gasteiger partial charge in [-0.25, -0.2) is 0 Å². The minimum absolute atomic E-state index is 0.766. The highest BCUT2D eigenvalue weighted by Gasteiger charge is 2.01. The molecule has 0 unspecified atom stereocenters. The van der Waals surface area contributed by atoms with Gasteiger partial charge in [-0.2, -0.15) is 0 Å². The van der Waals surface area contributed by atoms with Crippen molar-refractivity contribution in [1.82, 2.24) is 10.6 Å². The Morgan fingerprint density at radius 3 is 2.74 bits per heavy atom. The van der Waals surface area contributed by atoms with Crippen molar-refractivity contribution < 1.29 is 9.47 Å². The molecule has 130 valence electrons. The average Bonchev–Trinajstić information content (AvgIpc) is 2.56. The predicted octanol–water partition coefficient (Wildman–Crippen LogP) is 2.53. The third-order valence-electron chi connectivity index (χ3n) is 3.44. The van der Waals surface area contributed by atoms with Crippen molar-refractivity contribution in [3.8, 4) is 5.75 Å². The second kappa shape index (κ2) is 11.8. The van der Waals surface area contributed by atoms with Crippen LogP contribution in [0.15, 0.2) is 23.2 Å². The van der Waals surface area contributed by atoms with Crippen LogP contribution in [-0.2, 0) is 11.2 Å². The SMILES string of the molecule is CCNC(=NCCCOCC)NCCc1ccc(C)c(OC)c1. The van der Waals surface area contributed by atoms with Gasteiger partial charge in [0, 0.05) is 32.8 Å². The minimum atomic E-state index is 0.766. The highest BCUT2D eigenvalue weighted by molar-refractivity contribution is 5.79. The quantitative estimate of drug-likeness (QED) is 0.395. The van der Waals surface area contributed by atoms with E-state index in [2.05, 4.69) is 47.7 Å². The molecule has 1 aromatic carbocycles. The third-order valence-corrected chi connectivity index (χ3v) is 3.44. The molecule has 0 radical (unpaired) electrons. The third kappa shape index (κ3) is 7.88. The summed E-state index contributed by atoms with van der Waals surface area (Å²) < 4.78 is 10.7. The fourth-order valence-electron chi connectivity index (χ4n) is 2.19. The first-order valence-electron chi connectivity index (χ1n) is 8.44. The Bertz CT molecular complexity index is 475. The van der Waals surface area contributed by atoms with Crippen LogP contribution in [-0.4, -0.2) is 45.9 Å². The Morgan fingerprint density at radius 1 is 1.22 bits per heavy atom. The molecule has 0 saturated carbocycles. The molecule has 0 fully saturated rings. The number of nitrogens with zero attached hydrogens (tertiary/aromatic N) is 1. The van der Waals surface area contributed by atoms with Gasteiger partial charge >= 0.3 is 0 Å². The summed E-state index contributed by atoms with van der Waals surface area (Å²) in [5.74, 6) is 1.81. The zero-order valence-electron chi connectivity index (χ0n) is 14.9. The zero-order chi connectivity index (χ0) is 16.9. The van der Waals surface area contributed by atoms with Gasteiger partial charge in [0.05, 0.1) is 7.11 Å². The van der Waals surface area contributed by atoms with Gasteiger partial charge in [-0.05, 0) is 50.8 Å². The molecule has 0 aliphatic heterocycles. The molecule has 0 saturated heterocycles. The molecule has 23 heavy (non-hydrogen) atoms. The average molecular weight is 321 g/mol. The summed E-state index contributed by atoms with van der Waals surface area (Å²) in [7, 11) is 1.71. The molecule has 0 spiro atoms. The minimum Gasteiger partial charge on any atom is -0.496 e. The van der Waals surface area contributed by atoms with Crippen LogP contribution in [0.2, 0.25) is 0 Å². The van der Waals surface area contributed by atoms with Crippen molar-refractivity contribution in [2.75, 3.05) is 40.0 Å². The molecule has 0 amide bonds. The molecule has 0 atom stereocenters. The molecule has 0 heterocycles. The van der Waals surface area contributed by atoms with E-state index in [-0.39, 0.29) is 0 Å². The molecule has 0 aliphatic carbocycles. The summed E-state index contributed by atoms with van der Waals surface area (Å²) in [6.45, 7) is 10.1. The van der Waals surface area contributed by atoms with E-state index in [9.17, 15) is 0 Å². The van der Waals surface area contributed by atoms with Crippen molar-refractivity contribution in [3.05, 3.63) is 29.3 Å². The Morgan fingerprint density at radius 2 is 2.04 bits per heavy atom. The highest BCUT2D eigenvalue weighted by Crippen LogP contribution is 2.18. The van der Waals surface area contributed by atoms with Gasteiger partial charge in [-0.3, -0.25) is 4.99 Å². The number of aliphatic imine (C=N–C) groups is 1. The maximum absolute atomic E-state index is 5.37. The Labute approximate surface area is 140 Å². The van der Waals surface area contributed by atoms with Crippen molar-refractivity contribution in [2.45, 2.75) is 33.6 Å². The molecule has 0 bridgehead atoms. The number of hydrogen-bond donors (Lipinski definition) is 2. The number of rotatable bonds is 10. The molecular formula is C18H31N3O2. The topological polar surface area (TPSA) is 54.9 Å². The summed E-state index contributed by atoms with van der Waals surface area (Å²) in [6, 6.07) is 6.34. The van der Waals surface area contributed by atoms with E-state index in [4.69, 9.17) is 9.47 Å². The number of guanidine groups is 1. The first-order chi connectivity index (χ1) is 11.2. The van der Waals surface area contributed by atoms with E-state index >= 15 is 0 Å². The van der Waals surface area contributed by atoms with Gasteiger partial charge in [0.2, 0.25) is 0 Å². The summed E-state index contributed by atoms with van der Waals surface area (Å²) in [5, 5.41) is 6.63. The van der Waals surface area contributed by atoms with Crippen LogP contribution < -0.4 is 15.4 Å². The monoisotopic (exact) mass is 321 g/mol. The lowest BCUT2D eigenvalue weighted by atomic mass is 10.1. The maximum Gasteiger partial charge on any atom is 0.191 e. The summed E-state index contributed by atoms with van der Waals surface area (Å²) in [5.41, 5.74) is 2.42. The van der Waals surface area contributed by atoms with Gasteiger partial charge in [-0.15, -0.1) is 0 Å². The lowest BCUT2D eigenvalue weighted by Gasteiger charge is -2.12. The molecular weight excluding hydrogens is 290 g/mol. The van der Waals surface area contributed by atoms with E-state index in [0.29, 0.717) is 0 Å². The fraction of sp³-hybridized carbons (Fsp3) is 0.611. The summed E-state index contributed by atoms with van der Waals surface area (Å²) in [6.07, 6.45) is 1.87. The van der Waals surface area contributed by atoms with Crippen LogP contribution >= 0.6 is 0 Å². The number of hydrogen-bond acceptors (Lipinski definition) is 3. The van der Waals surface area contributed by atoms with Crippen molar-refractivity contribution in [3.63, 3.8) is 0 Å². The Balaban J connectivity index is 2.41. The van der Waals surface area contributed by atoms with E-state index in [1.807, 2.05) is 6.92 Å². The van der Waals surface area contributed by atoms with Gasteiger partial charge in [0.1, 0.15) is 5.75 Å². The Kier molecular flexibility index (Phi) is 9.87. The van der Waals surface area contributed by atoms with Crippen LogP contribution in [0, 0.1) is 6.92 Å². The van der Waals surface area contributed by atoms with E-state index in [1.165, 1.54) is 5.56 Å². The summed E-state index contributed by atoms with van der Waals surface area (Å²) in [4.78, 5) is 4.55. The van der Waals surface area contributed by atoms with Gasteiger partial charge < -0.3 is 20.1 Å². The highest BCUT2D eigenvalue weighted by atomic mass is 16.5. The van der Waals surface area contributed by atoms with Crippen LogP contribution in [0.3, 0.4) is 0 Å². The standard InChI is InChI=1S/C18H31N3O2/c1-5-19-18(20-11-7-13-23-6-2)21-12-10-16-9-8-15(3)17(14-16)22-4/h8-9,14H,5-7,10-13H2,1-4H3,(H2,19,20,21). The van der Waals surface area contributed by atoms with Crippen LogP contribution in [0.25, 0.3) is 0 Å². The molecule has 5 heteroatoms. The zero-order valence-corrected chi connectivity index (χ0v) is 14.9. The number of benzene rings is 1. The van der Waals surface area contributed by atoms with Crippen LogP contribution in [0.4, 0.5) is 0 Å². The number of methoxy groups -OCH3 is 1. The normalized spacial score (nSPS) is 11.4. The molecule has 1 rings (SSSR count). The first kappa shape index (κ1) is 19.3. The van der Waals surface area contributed by atoms with Crippen molar-refractivity contribution >= 4 is 5.96 Å². The van der Waals surface area contributed by atoms with Crippen LogP contribution in [0.5, 0.6) is 5.75 Å². The van der Waals surface area contributed by atoms with Crippen LogP contribution in [0.1, 0.15) is 31.4 Å². The largest absolute Gasteiger partial charge is 0.496 e. The smallest absolute Gasteiger partial charge is 0.191 e. The second-order valence-electron chi connectivity index (χ2n) is 5.29. The predicted molar refractivity (Wildman–Crippen MR) is 96.5 cm³/mol. The van der Waals surface area contributed by atoms with E-state index < -0.39 is 0 Å². The molecule has 1 aromatic rings. The maximum atomic E-state index is 5.37. The molecule has 5 nitrogen and oxygen atoms in total. The second-order valence-corrected chi connectivity index (χ2v) is 5.29. The molecule has 0 aromatic heterocycles. The van der Waals surface area contributed by atoms with Crippen molar-refractivity contribution in [1.29, 1.82) is 0 Å². The van der Waals surface area contributed by atoms with Crippen molar-refractivity contribution in [2.24, 2.45) is 4.99 Å². The van der Waals surface area contributed by atoms with E-state index in [0.717, 1.165) is 63.0 Å². The lowest BCUT2D eigenvalue weighted by molar-refractivity contribution is 0.146. The summed E-state index contributed by atoms with van der Waals surface area (Å²) >= 11 is 0.